The van der Waals surface area contributed by atoms with Gasteiger partial charge in [-0.15, -0.1) is 0 Å². The van der Waals surface area contributed by atoms with E-state index in [1.54, 1.807) is 0 Å². The molecule has 2 aromatic rings. The minimum absolute atomic E-state index is 1.19. The molecule has 0 saturated heterocycles. The van der Waals surface area contributed by atoms with E-state index in [9.17, 15) is 0 Å². The van der Waals surface area contributed by atoms with Gasteiger partial charge in [-0.3, -0.25) is 0 Å². The summed E-state index contributed by atoms with van der Waals surface area (Å²) in [6.07, 6.45) is 8.68. The summed E-state index contributed by atoms with van der Waals surface area (Å²) in [5.41, 5.74) is 7.43. The van der Waals surface area contributed by atoms with Gasteiger partial charge in [-0.25, -0.2) is 0 Å². The van der Waals surface area contributed by atoms with Crippen molar-refractivity contribution in [1.29, 1.82) is 0 Å². The van der Waals surface area contributed by atoms with Gasteiger partial charge in [-0.05, 0) is 56.2 Å². The van der Waals surface area contributed by atoms with Crippen LogP contribution in [0.2, 0.25) is 0 Å². The van der Waals surface area contributed by atoms with Gasteiger partial charge in [0.2, 0.25) is 0 Å². The Bertz CT molecular complexity index is 764. The van der Waals surface area contributed by atoms with E-state index in [1.807, 2.05) is 0 Å². The fourth-order valence-electron chi connectivity index (χ4n) is 2.89. The van der Waals surface area contributed by atoms with E-state index < -0.39 is 0 Å². The minimum Gasteiger partial charge on any atom is -0.313 e. The van der Waals surface area contributed by atoms with Gasteiger partial charge in [0.25, 0.3) is 0 Å². The third-order valence-electron chi connectivity index (χ3n) is 3.98. The second kappa shape index (κ2) is 6.07. The first kappa shape index (κ1) is 14.4. The van der Waals surface area contributed by atoms with E-state index in [0.717, 1.165) is 0 Å². The lowest BCUT2D eigenvalue weighted by Gasteiger charge is -2.27. The van der Waals surface area contributed by atoms with Gasteiger partial charge in [0, 0.05) is 11.4 Å². The number of rotatable bonds is 2. The summed E-state index contributed by atoms with van der Waals surface area (Å²) >= 11 is 0. The summed E-state index contributed by atoms with van der Waals surface area (Å²) in [4.78, 5) is 2.34. The minimum atomic E-state index is 1.19. The van der Waals surface area contributed by atoms with Crippen LogP contribution in [0.3, 0.4) is 0 Å². The molecule has 1 heterocycles. The van der Waals surface area contributed by atoms with Crippen molar-refractivity contribution in [2.24, 2.45) is 0 Å². The molecule has 0 amide bonds. The standard InChI is InChI=1S/C21H21N/c1-4-8-18-12-13-19-15-16(2)11-14-21(19)22(17(18)3)20-9-6-5-7-10-20/h4-15H,1-3H3/b8-4-. The normalized spacial score (nSPS) is 14.4. The summed E-state index contributed by atoms with van der Waals surface area (Å²) in [6, 6.07) is 17.2. The van der Waals surface area contributed by atoms with E-state index in [1.165, 1.54) is 33.8 Å². The number of anilines is 2. The maximum absolute atomic E-state index is 2.34. The first-order valence-corrected chi connectivity index (χ1v) is 7.68. The summed E-state index contributed by atoms with van der Waals surface area (Å²) in [6.45, 7) is 6.38. The van der Waals surface area contributed by atoms with Crippen LogP contribution in [0, 0.1) is 6.92 Å². The molecule has 1 aliphatic rings. The predicted molar refractivity (Wildman–Crippen MR) is 96.3 cm³/mol. The van der Waals surface area contributed by atoms with Gasteiger partial charge >= 0.3 is 0 Å². The molecule has 3 rings (SSSR count). The van der Waals surface area contributed by atoms with Crippen LogP contribution in [0.5, 0.6) is 0 Å². The molecule has 1 heteroatoms. The molecule has 0 spiro atoms. The predicted octanol–water partition coefficient (Wildman–Crippen LogP) is 6.01. The van der Waals surface area contributed by atoms with E-state index in [4.69, 9.17) is 0 Å². The summed E-state index contributed by atoms with van der Waals surface area (Å²) in [7, 11) is 0. The Labute approximate surface area is 132 Å². The van der Waals surface area contributed by atoms with Gasteiger partial charge in [0.1, 0.15) is 0 Å². The molecule has 2 aromatic carbocycles. The smallest absolute Gasteiger partial charge is 0.0531 e. The molecule has 0 radical (unpaired) electrons. The number of allylic oxidation sites excluding steroid dienone is 5. The van der Waals surface area contributed by atoms with Crippen molar-refractivity contribution in [2.75, 3.05) is 4.90 Å². The molecule has 1 aliphatic heterocycles. The number of hydrogen-bond acceptors (Lipinski definition) is 1. The number of hydrogen-bond donors (Lipinski definition) is 0. The Balaban J connectivity index is 2.25. The Morgan fingerprint density at radius 2 is 1.68 bits per heavy atom. The Morgan fingerprint density at radius 1 is 0.909 bits per heavy atom. The van der Waals surface area contributed by atoms with Gasteiger partial charge in [0.05, 0.1) is 5.69 Å². The van der Waals surface area contributed by atoms with Gasteiger partial charge < -0.3 is 4.90 Å². The zero-order chi connectivity index (χ0) is 15.5. The third kappa shape index (κ3) is 2.62. The quantitative estimate of drug-likeness (QED) is 0.653. The molecule has 0 saturated carbocycles. The monoisotopic (exact) mass is 287 g/mol. The van der Waals surface area contributed by atoms with E-state index in [0.29, 0.717) is 0 Å². The van der Waals surface area contributed by atoms with Crippen molar-refractivity contribution in [2.45, 2.75) is 20.8 Å². The lowest BCUT2D eigenvalue weighted by molar-refractivity contribution is 1.14. The topological polar surface area (TPSA) is 3.24 Å². The third-order valence-corrected chi connectivity index (χ3v) is 3.98. The van der Waals surface area contributed by atoms with Crippen LogP contribution in [0.25, 0.3) is 6.08 Å². The lowest BCUT2D eigenvalue weighted by Crippen LogP contribution is -2.16. The molecule has 0 bridgehead atoms. The highest BCUT2D eigenvalue weighted by atomic mass is 15.1. The van der Waals surface area contributed by atoms with Gasteiger partial charge in [0.15, 0.2) is 0 Å². The van der Waals surface area contributed by atoms with Crippen LogP contribution in [0.4, 0.5) is 11.4 Å². The van der Waals surface area contributed by atoms with Crippen molar-refractivity contribution >= 4 is 17.5 Å². The van der Waals surface area contributed by atoms with Crippen LogP contribution in [0.1, 0.15) is 25.0 Å². The van der Waals surface area contributed by atoms with Crippen LogP contribution >= 0.6 is 0 Å². The van der Waals surface area contributed by atoms with Crippen molar-refractivity contribution < 1.29 is 0 Å². The molecule has 0 unspecified atom stereocenters. The Kier molecular flexibility index (Phi) is 3.97. The molecular weight excluding hydrogens is 266 g/mol. The van der Waals surface area contributed by atoms with Crippen LogP contribution < -0.4 is 4.90 Å². The highest BCUT2D eigenvalue weighted by molar-refractivity contribution is 5.81. The SMILES string of the molecule is C/C=C\C1=C(C)N(c2ccccc2)c2ccc(C)cc2C=C1. The second-order valence-electron chi connectivity index (χ2n) is 5.61. The van der Waals surface area contributed by atoms with Crippen molar-refractivity contribution in [1.82, 2.24) is 0 Å². The number of nitrogens with zero attached hydrogens (tertiary/aromatic N) is 1. The molecule has 0 aromatic heterocycles. The molecule has 22 heavy (non-hydrogen) atoms. The zero-order valence-electron chi connectivity index (χ0n) is 13.4. The van der Waals surface area contributed by atoms with Crippen LogP contribution in [0.15, 0.2) is 78.0 Å². The molecule has 0 N–H and O–H groups in total. The second-order valence-corrected chi connectivity index (χ2v) is 5.61. The summed E-state index contributed by atoms with van der Waals surface area (Å²) in [5, 5.41) is 0. The molecule has 0 fully saturated rings. The highest BCUT2D eigenvalue weighted by Crippen LogP contribution is 2.37. The maximum Gasteiger partial charge on any atom is 0.0531 e. The number of benzene rings is 2. The number of aryl methyl sites for hydroxylation is 1. The molecular formula is C21H21N. The van der Waals surface area contributed by atoms with Crippen LogP contribution in [-0.2, 0) is 0 Å². The fraction of sp³-hybridized carbons (Fsp3) is 0.143. The summed E-state index contributed by atoms with van der Waals surface area (Å²) in [5.74, 6) is 0. The Hall–Kier alpha value is -2.54. The number of fused-ring (bicyclic) bond motifs is 1. The van der Waals surface area contributed by atoms with Crippen molar-refractivity contribution in [3.63, 3.8) is 0 Å². The average Bonchev–Trinajstić information content (AvgIpc) is 2.66. The van der Waals surface area contributed by atoms with E-state index in [2.05, 4.69) is 98.5 Å². The Morgan fingerprint density at radius 3 is 2.41 bits per heavy atom. The first-order valence-electron chi connectivity index (χ1n) is 7.68. The van der Waals surface area contributed by atoms with Crippen molar-refractivity contribution in [3.8, 4) is 0 Å². The van der Waals surface area contributed by atoms with E-state index >= 15 is 0 Å². The van der Waals surface area contributed by atoms with Crippen molar-refractivity contribution in [3.05, 3.63) is 89.2 Å². The highest BCUT2D eigenvalue weighted by Gasteiger charge is 2.18. The first-order chi connectivity index (χ1) is 10.7. The van der Waals surface area contributed by atoms with Gasteiger partial charge in [-0.2, -0.15) is 0 Å². The zero-order valence-corrected chi connectivity index (χ0v) is 13.4. The summed E-state index contributed by atoms with van der Waals surface area (Å²) < 4.78 is 0. The maximum atomic E-state index is 2.34. The molecule has 0 atom stereocenters. The fourth-order valence-corrected chi connectivity index (χ4v) is 2.89. The molecule has 0 aliphatic carbocycles. The van der Waals surface area contributed by atoms with E-state index in [-0.39, 0.29) is 0 Å². The van der Waals surface area contributed by atoms with Crippen LogP contribution in [-0.4, -0.2) is 0 Å². The van der Waals surface area contributed by atoms with Gasteiger partial charge in [-0.1, -0.05) is 54.1 Å². The largest absolute Gasteiger partial charge is 0.313 e. The number of para-hydroxylation sites is 1. The average molecular weight is 287 g/mol. The molecule has 110 valence electrons. The lowest BCUT2D eigenvalue weighted by atomic mass is 10.1. The molecule has 1 nitrogen and oxygen atoms in total.